The first-order valence-electron chi connectivity index (χ1n) is 7.71. The molecule has 27 heavy (non-hydrogen) atoms. The van der Waals surface area contributed by atoms with E-state index in [1.807, 2.05) is 12.1 Å². The van der Waals surface area contributed by atoms with E-state index in [9.17, 15) is 9.18 Å². The molecule has 1 amide bonds. The van der Waals surface area contributed by atoms with Crippen molar-refractivity contribution >= 4 is 57.0 Å². The minimum absolute atomic E-state index is 0.287. The third-order valence-corrected chi connectivity index (χ3v) is 5.53. The lowest BCUT2D eigenvalue weighted by molar-refractivity contribution is -0.115. The van der Waals surface area contributed by atoms with Gasteiger partial charge in [-0.1, -0.05) is 47.2 Å². The fraction of sp³-hybridized carbons (Fsp3) is 0. The molecule has 4 rings (SSSR count). The molecule has 5 nitrogen and oxygen atoms in total. The average Bonchev–Trinajstić information content (AvgIpc) is 3.23. The van der Waals surface area contributed by atoms with Crippen molar-refractivity contribution in [3.05, 3.63) is 69.8 Å². The predicted octanol–water partition coefficient (Wildman–Crippen LogP) is 4.89. The molecule has 1 aromatic heterocycles. The number of aliphatic imine (C=N–C) groups is 1. The Balaban J connectivity index is 1.54. The van der Waals surface area contributed by atoms with Gasteiger partial charge in [0.1, 0.15) is 10.8 Å². The summed E-state index contributed by atoms with van der Waals surface area (Å²) in [4.78, 5) is 16.9. The van der Waals surface area contributed by atoms with Crippen molar-refractivity contribution in [3.8, 4) is 10.6 Å². The second-order valence-electron chi connectivity index (χ2n) is 5.43. The lowest BCUT2D eigenvalue weighted by atomic mass is 10.2. The molecule has 1 saturated heterocycles. The topological polar surface area (TPSA) is 67.2 Å². The van der Waals surface area contributed by atoms with Crippen molar-refractivity contribution in [2.45, 2.75) is 0 Å². The molecule has 0 saturated carbocycles. The minimum atomic E-state index is -0.356. The van der Waals surface area contributed by atoms with E-state index in [2.05, 4.69) is 20.5 Å². The zero-order valence-corrected chi connectivity index (χ0v) is 15.9. The van der Waals surface area contributed by atoms with Gasteiger partial charge in [-0.2, -0.15) is 4.99 Å². The van der Waals surface area contributed by atoms with E-state index in [1.54, 1.807) is 30.3 Å². The molecule has 0 bridgehead atoms. The minimum Gasteiger partial charge on any atom is -0.300 e. The molecule has 1 aliphatic rings. The van der Waals surface area contributed by atoms with Crippen LogP contribution in [0.1, 0.15) is 5.56 Å². The summed E-state index contributed by atoms with van der Waals surface area (Å²) in [7, 11) is 0. The van der Waals surface area contributed by atoms with Gasteiger partial charge in [0.15, 0.2) is 5.17 Å². The summed E-state index contributed by atoms with van der Waals surface area (Å²) in [6, 6.07) is 13.3. The summed E-state index contributed by atoms with van der Waals surface area (Å²) >= 11 is 8.36. The number of hydrogen-bond donors (Lipinski definition) is 1. The molecule has 2 heterocycles. The van der Waals surface area contributed by atoms with Crippen LogP contribution in [0.2, 0.25) is 5.02 Å². The summed E-state index contributed by atoms with van der Waals surface area (Å²) in [6.45, 7) is 0. The van der Waals surface area contributed by atoms with Crippen LogP contribution in [0.25, 0.3) is 16.6 Å². The van der Waals surface area contributed by atoms with Crippen molar-refractivity contribution < 1.29 is 9.18 Å². The Morgan fingerprint density at radius 2 is 1.96 bits per heavy atom. The number of carbonyl (C=O) groups is 1. The van der Waals surface area contributed by atoms with Crippen LogP contribution in [0.4, 0.5) is 9.52 Å². The van der Waals surface area contributed by atoms with Gasteiger partial charge >= 0.3 is 0 Å². The van der Waals surface area contributed by atoms with E-state index in [1.165, 1.54) is 35.2 Å². The molecule has 0 radical (unpaired) electrons. The highest BCUT2D eigenvalue weighted by Crippen LogP contribution is 2.32. The Bertz CT molecular complexity index is 1080. The Kier molecular flexibility index (Phi) is 5.02. The Morgan fingerprint density at radius 3 is 2.74 bits per heavy atom. The molecule has 9 heteroatoms. The number of amidine groups is 1. The van der Waals surface area contributed by atoms with E-state index in [0.717, 1.165) is 5.56 Å². The average molecular weight is 417 g/mol. The standard InChI is InChI=1S/C18H10ClFN4OS2/c19-12-6-4-11(5-7-12)16-23-24-18(27-16)22-17-21-15(25)14(26-17)9-10-2-1-3-13(20)8-10/h1-9H,(H,21,22,24,25)/b14-9-. The van der Waals surface area contributed by atoms with Crippen molar-refractivity contribution in [1.82, 2.24) is 15.5 Å². The molecule has 1 aliphatic heterocycles. The SMILES string of the molecule is O=C1N/C(=N\c2nnc(-c3ccc(Cl)cc3)s2)S/C1=C\c1cccc(F)c1. The van der Waals surface area contributed by atoms with Gasteiger partial charge in [-0.05, 0) is 47.7 Å². The first-order valence-corrected chi connectivity index (χ1v) is 9.72. The zero-order chi connectivity index (χ0) is 18.8. The molecule has 0 atom stereocenters. The molecule has 1 N–H and O–H groups in total. The van der Waals surface area contributed by atoms with Crippen LogP contribution >= 0.6 is 34.7 Å². The van der Waals surface area contributed by atoms with Crippen molar-refractivity contribution in [2.24, 2.45) is 4.99 Å². The van der Waals surface area contributed by atoms with Crippen molar-refractivity contribution in [1.29, 1.82) is 0 Å². The van der Waals surface area contributed by atoms with E-state index in [0.29, 0.717) is 30.8 Å². The first-order chi connectivity index (χ1) is 13.1. The first kappa shape index (κ1) is 17.8. The van der Waals surface area contributed by atoms with E-state index >= 15 is 0 Å². The van der Waals surface area contributed by atoms with Gasteiger partial charge in [-0.3, -0.25) is 4.79 Å². The summed E-state index contributed by atoms with van der Waals surface area (Å²) in [5.41, 5.74) is 1.49. The Morgan fingerprint density at radius 1 is 1.15 bits per heavy atom. The molecule has 0 spiro atoms. The Labute approximate surface area is 167 Å². The molecule has 0 unspecified atom stereocenters. The third-order valence-electron chi connectivity index (χ3n) is 3.50. The highest BCUT2D eigenvalue weighted by atomic mass is 35.5. The predicted molar refractivity (Wildman–Crippen MR) is 108 cm³/mol. The van der Waals surface area contributed by atoms with E-state index in [4.69, 9.17) is 11.6 Å². The lowest BCUT2D eigenvalue weighted by Crippen LogP contribution is -2.19. The molecule has 2 aromatic carbocycles. The second-order valence-corrected chi connectivity index (χ2v) is 7.86. The molecule has 3 aromatic rings. The molecular weight excluding hydrogens is 407 g/mol. The van der Waals surface area contributed by atoms with E-state index in [-0.39, 0.29) is 11.7 Å². The number of rotatable bonds is 3. The Hall–Kier alpha value is -2.55. The van der Waals surface area contributed by atoms with Crippen LogP contribution in [0.15, 0.2) is 58.4 Å². The van der Waals surface area contributed by atoms with Crippen LogP contribution in [0.3, 0.4) is 0 Å². The summed E-state index contributed by atoms with van der Waals surface area (Å²) < 4.78 is 13.3. The quantitative estimate of drug-likeness (QED) is 0.617. The number of nitrogens with zero attached hydrogens (tertiary/aromatic N) is 3. The zero-order valence-electron chi connectivity index (χ0n) is 13.5. The van der Waals surface area contributed by atoms with E-state index < -0.39 is 0 Å². The van der Waals surface area contributed by atoms with Gasteiger partial charge in [-0.25, -0.2) is 4.39 Å². The van der Waals surface area contributed by atoms with Gasteiger partial charge in [-0.15, -0.1) is 10.2 Å². The lowest BCUT2D eigenvalue weighted by Gasteiger charge is -1.94. The maximum absolute atomic E-state index is 13.3. The summed E-state index contributed by atoms with van der Waals surface area (Å²) in [5, 5.41) is 13.0. The van der Waals surface area contributed by atoms with Gasteiger partial charge in [0.2, 0.25) is 5.13 Å². The number of benzene rings is 2. The largest absolute Gasteiger partial charge is 0.300 e. The van der Waals surface area contributed by atoms with Crippen LogP contribution in [0, 0.1) is 5.82 Å². The maximum atomic E-state index is 13.3. The van der Waals surface area contributed by atoms with Crippen molar-refractivity contribution in [2.75, 3.05) is 0 Å². The molecular formula is C18H10ClFN4OS2. The van der Waals surface area contributed by atoms with Crippen LogP contribution in [0.5, 0.6) is 0 Å². The molecule has 0 aliphatic carbocycles. The van der Waals surface area contributed by atoms with Gasteiger partial charge in [0, 0.05) is 10.6 Å². The number of halogens is 2. The second kappa shape index (κ2) is 7.59. The number of aromatic nitrogens is 2. The smallest absolute Gasteiger partial charge is 0.264 e. The number of hydrogen-bond acceptors (Lipinski definition) is 6. The molecule has 134 valence electrons. The number of carbonyl (C=O) groups excluding carboxylic acids is 1. The number of thioether (sulfide) groups is 1. The van der Waals surface area contributed by atoms with Gasteiger partial charge < -0.3 is 5.32 Å². The van der Waals surface area contributed by atoms with Crippen molar-refractivity contribution in [3.63, 3.8) is 0 Å². The van der Waals surface area contributed by atoms with Gasteiger partial charge in [0.05, 0.1) is 4.91 Å². The highest BCUT2D eigenvalue weighted by molar-refractivity contribution is 8.18. The third kappa shape index (κ3) is 4.24. The number of nitrogens with one attached hydrogen (secondary N) is 1. The van der Waals surface area contributed by atoms with Gasteiger partial charge in [0.25, 0.3) is 5.91 Å². The maximum Gasteiger partial charge on any atom is 0.264 e. The van der Waals surface area contributed by atoms with Crippen LogP contribution in [-0.2, 0) is 4.79 Å². The normalized spacial score (nSPS) is 16.9. The molecule has 1 fully saturated rings. The monoisotopic (exact) mass is 416 g/mol. The summed E-state index contributed by atoms with van der Waals surface area (Å²) in [6.07, 6.45) is 1.62. The number of amides is 1. The van der Waals surface area contributed by atoms with Crippen LogP contribution in [-0.4, -0.2) is 21.3 Å². The fourth-order valence-corrected chi connectivity index (χ4v) is 4.02. The fourth-order valence-electron chi connectivity index (χ4n) is 2.28. The van der Waals surface area contributed by atoms with Crippen LogP contribution < -0.4 is 5.32 Å². The highest BCUT2D eigenvalue weighted by Gasteiger charge is 2.24. The summed E-state index contributed by atoms with van der Waals surface area (Å²) in [5.74, 6) is -0.643.